The van der Waals surface area contributed by atoms with Crippen molar-refractivity contribution in [2.75, 3.05) is 16.8 Å². The van der Waals surface area contributed by atoms with Crippen LogP contribution in [-0.4, -0.2) is 24.0 Å². The molecule has 0 aliphatic carbocycles. The number of rotatable bonds is 4. The number of amides is 2. The molecule has 27 heavy (non-hydrogen) atoms. The molecule has 1 aliphatic rings. The van der Waals surface area contributed by atoms with Crippen LogP contribution < -0.4 is 15.0 Å². The second-order valence-corrected chi connectivity index (χ2v) is 7.73. The Labute approximate surface area is 164 Å². The molecule has 0 aromatic heterocycles. The van der Waals surface area contributed by atoms with Crippen molar-refractivity contribution in [2.45, 2.75) is 39.7 Å². The number of nitrogens with zero attached hydrogens (tertiary/aromatic N) is 1. The van der Waals surface area contributed by atoms with Crippen molar-refractivity contribution in [3.63, 3.8) is 0 Å². The fourth-order valence-corrected chi connectivity index (χ4v) is 3.32. The molecule has 5 nitrogen and oxygen atoms in total. The van der Waals surface area contributed by atoms with Gasteiger partial charge in [-0.1, -0.05) is 17.7 Å². The van der Waals surface area contributed by atoms with Gasteiger partial charge >= 0.3 is 0 Å². The Morgan fingerprint density at radius 3 is 2.63 bits per heavy atom. The highest BCUT2D eigenvalue weighted by atomic mass is 35.5. The average Bonchev–Trinajstić information content (AvgIpc) is 2.58. The highest BCUT2D eigenvalue weighted by molar-refractivity contribution is 6.30. The lowest BCUT2D eigenvalue weighted by Gasteiger charge is -2.38. The second kappa shape index (κ2) is 7.24. The largest absolute Gasteiger partial charge is 0.476 e. The number of aryl methyl sites for hydroxylation is 2. The fourth-order valence-electron chi connectivity index (χ4n) is 3.09. The third-order valence-corrected chi connectivity index (χ3v) is 4.79. The number of ether oxygens (including phenoxy) is 1. The number of benzene rings is 2. The van der Waals surface area contributed by atoms with Gasteiger partial charge in [-0.3, -0.25) is 9.59 Å². The summed E-state index contributed by atoms with van der Waals surface area (Å²) in [6.07, 6.45) is 0.178. The van der Waals surface area contributed by atoms with E-state index in [2.05, 4.69) is 5.32 Å². The summed E-state index contributed by atoms with van der Waals surface area (Å²) in [7, 11) is 0. The Kier molecular flexibility index (Phi) is 5.16. The molecule has 0 spiro atoms. The molecular formula is C21H23ClN2O3. The zero-order valence-electron chi connectivity index (χ0n) is 15.9. The fraction of sp³-hybridized carbons (Fsp3) is 0.333. The van der Waals surface area contributed by atoms with E-state index in [4.69, 9.17) is 16.3 Å². The van der Waals surface area contributed by atoms with E-state index in [0.717, 1.165) is 11.1 Å². The van der Waals surface area contributed by atoms with Gasteiger partial charge < -0.3 is 15.0 Å². The van der Waals surface area contributed by atoms with Gasteiger partial charge in [-0.25, -0.2) is 0 Å². The summed E-state index contributed by atoms with van der Waals surface area (Å²) in [5, 5.41) is 3.50. The van der Waals surface area contributed by atoms with Crippen LogP contribution in [-0.2, 0) is 9.59 Å². The van der Waals surface area contributed by atoms with E-state index in [1.807, 2.05) is 32.0 Å². The molecular weight excluding hydrogens is 364 g/mol. The lowest BCUT2D eigenvalue weighted by atomic mass is 10.0. The van der Waals surface area contributed by atoms with Crippen molar-refractivity contribution in [1.82, 2.24) is 0 Å². The zero-order chi connectivity index (χ0) is 19.8. The molecule has 1 aliphatic heterocycles. The summed E-state index contributed by atoms with van der Waals surface area (Å²) in [4.78, 5) is 26.9. The summed E-state index contributed by atoms with van der Waals surface area (Å²) < 4.78 is 5.84. The molecule has 1 N–H and O–H groups in total. The minimum Gasteiger partial charge on any atom is -0.476 e. The van der Waals surface area contributed by atoms with E-state index >= 15 is 0 Å². The van der Waals surface area contributed by atoms with Crippen molar-refractivity contribution in [3.05, 3.63) is 52.5 Å². The van der Waals surface area contributed by atoms with Gasteiger partial charge in [0.05, 0.1) is 5.69 Å². The maximum atomic E-state index is 12.8. The first kappa shape index (κ1) is 19.2. The lowest BCUT2D eigenvalue weighted by molar-refractivity contribution is -0.132. The highest BCUT2D eigenvalue weighted by Crippen LogP contribution is 2.38. The van der Waals surface area contributed by atoms with Crippen LogP contribution in [0.4, 0.5) is 11.4 Å². The van der Waals surface area contributed by atoms with Crippen LogP contribution in [0.3, 0.4) is 0 Å². The Bertz CT molecular complexity index is 908. The maximum absolute atomic E-state index is 12.8. The van der Waals surface area contributed by atoms with Crippen LogP contribution >= 0.6 is 11.6 Å². The van der Waals surface area contributed by atoms with Gasteiger partial charge in [-0.2, -0.15) is 0 Å². The summed E-state index contributed by atoms with van der Waals surface area (Å²) in [6, 6.07) is 11.0. The maximum Gasteiger partial charge on any atom is 0.270 e. The van der Waals surface area contributed by atoms with Gasteiger partial charge in [0.2, 0.25) is 5.91 Å². The monoisotopic (exact) mass is 386 g/mol. The van der Waals surface area contributed by atoms with Crippen LogP contribution in [0.15, 0.2) is 36.4 Å². The minimum absolute atomic E-state index is 0.156. The van der Waals surface area contributed by atoms with Crippen LogP contribution in [0.25, 0.3) is 0 Å². The number of halogens is 1. The first-order chi connectivity index (χ1) is 12.7. The number of carbonyl (C=O) groups is 2. The molecule has 142 valence electrons. The minimum atomic E-state index is -0.967. The molecule has 2 amide bonds. The molecule has 6 heteroatoms. The van der Waals surface area contributed by atoms with Crippen molar-refractivity contribution in [2.24, 2.45) is 0 Å². The van der Waals surface area contributed by atoms with Crippen LogP contribution in [0.2, 0.25) is 5.02 Å². The first-order valence-corrected chi connectivity index (χ1v) is 9.23. The molecule has 0 saturated heterocycles. The average molecular weight is 387 g/mol. The van der Waals surface area contributed by atoms with Gasteiger partial charge in [-0.05, 0) is 69.2 Å². The molecule has 0 fully saturated rings. The number of hydrogen-bond acceptors (Lipinski definition) is 3. The highest BCUT2D eigenvalue weighted by Gasteiger charge is 2.40. The van der Waals surface area contributed by atoms with E-state index in [0.29, 0.717) is 22.1 Å². The Hall–Kier alpha value is -2.53. The van der Waals surface area contributed by atoms with Crippen molar-refractivity contribution < 1.29 is 14.3 Å². The smallest absolute Gasteiger partial charge is 0.270 e. The summed E-state index contributed by atoms with van der Waals surface area (Å²) >= 11 is 5.95. The lowest BCUT2D eigenvalue weighted by Crippen LogP contribution is -2.53. The van der Waals surface area contributed by atoms with Gasteiger partial charge in [-0.15, -0.1) is 0 Å². The number of carbonyl (C=O) groups excluding carboxylic acids is 2. The van der Waals surface area contributed by atoms with Crippen LogP contribution in [0.1, 0.15) is 31.4 Å². The van der Waals surface area contributed by atoms with Crippen LogP contribution in [0, 0.1) is 13.8 Å². The zero-order valence-corrected chi connectivity index (χ0v) is 16.7. The van der Waals surface area contributed by atoms with E-state index in [1.165, 1.54) is 0 Å². The Morgan fingerprint density at radius 1 is 1.19 bits per heavy atom. The molecule has 2 aromatic rings. The number of anilines is 2. The van der Waals surface area contributed by atoms with E-state index in [-0.39, 0.29) is 24.8 Å². The molecule has 0 atom stereocenters. The number of hydrogen-bond donors (Lipinski definition) is 1. The molecule has 0 bridgehead atoms. The van der Waals surface area contributed by atoms with Gasteiger partial charge in [0, 0.05) is 23.7 Å². The SMILES string of the molecule is Cc1ccc2c(c1)N(CCC(=O)Nc1ccc(Cl)cc1C)C(=O)C(C)(C)O2. The molecule has 0 unspecified atom stereocenters. The van der Waals surface area contributed by atoms with Gasteiger partial charge in [0.15, 0.2) is 5.60 Å². The first-order valence-electron chi connectivity index (χ1n) is 8.85. The Balaban J connectivity index is 1.75. The number of fused-ring (bicyclic) bond motifs is 1. The van der Waals surface area contributed by atoms with Gasteiger partial charge in [0.1, 0.15) is 5.75 Å². The Morgan fingerprint density at radius 2 is 1.93 bits per heavy atom. The van der Waals surface area contributed by atoms with Crippen molar-refractivity contribution in [3.8, 4) is 5.75 Å². The molecule has 3 rings (SSSR count). The topological polar surface area (TPSA) is 58.6 Å². The third kappa shape index (κ3) is 4.08. The molecule has 2 aromatic carbocycles. The molecule has 0 saturated carbocycles. The third-order valence-electron chi connectivity index (χ3n) is 4.56. The predicted molar refractivity (Wildman–Crippen MR) is 108 cm³/mol. The van der Waals surface area contributed by atoms with E-state index in [1.54, 1.807) is 36.9 Å². The van der Waals surface area contributed by atoms with Crippen molar-refractivity contribution >= 4 is 34.8 Å². The quantitative estimate of drug-likeness (QED) is 0.842. The van der Waals surface area contributed by atoms with E-state index < -0.39 is 5.60 Å². The summed E-state index contributed by atoms with van der Waals surface area (Å²) in [5.74, 6) is 0.335. The van der Waals surface area contributed by atoms with Crippen molar-refractivity contribution in [1.29, 1.82) is 0 Å². The summed E-state index contributed by atoms with van der Waals surface area (Å²) in [5.41, 5.74) is 2.37. The normalized spacial score (nSPS) is 15.1. The summed E-state index contributed by atoms with van der Waals surface area (Å²) in [6.45, 7) is 7.60. The predicted octanol–water partition coefficient (Wildman–Crippen LogP) is 4.49. The van der Waals surface area contributed by atoms with E-state index in [9.17, 15) is 9.59 Å². The standard InChI is InChI=1S/C21H23ClN2O3/c1-13-5-8-18-17(11-13)24(20(26)21(3,4)27-18)10-9-19(25)23-16-7-6-15(22)12-14(16)2/h5-8,11-12H,9-10H2,1-4H3,(H,23,25). The van der Waals surface area contributed by atoms with Gasteiger partial charge in [0.25, 0.3) is 5.91 Å². The second-order valence-electron chi connectivity index (χ2n) is 7.30. The number of nitrogens with one attached hydrogen (secondary N) is 1. The van der Waals surface area contributed by atoms with Crippen LogP contribution in [0.5, 0.6) is 5.75 Å². The molecule has 0 radical (unpaired) electrons. The molecule has 1 heterocycles.